The summed E-state index contributed by atoms with van der Waals surface area (Å²) in [5.41, 5.74) is 3.41. The van der Waals surface area contributed by atoms with E-state index in [1.54, 1.807) is 32.9 Å². The second kappa shape index (κ2) is 6.29. The van der Waals surface area contributed by atoms with Crippen LogP contribution in [0.2, 0.25) is 0 Å². The number of benzene rings is 1. The lowest BCUT2D eigenvalue weighted by Crippen LogP contribution is -2.62. The maximum absolute atomic E-state index is 12.4. The summed E-state index contributed by atoms with van der Waals surface area (Å²) < 4.78 is 9.85. The summed E-state index contributed by atoms with van der Waals surface area (Å²) in [5.74, 6) is -3.24. The number of esters is 2. The quantitative estimate of drug-likeness (QED) is 0.633. The number of carbonyl (C=O) groups excluding carboxylic acids is 4. The Hall–Kier alpha value is -2.74. The first-order valence-corrected chi connectivity index (χ1v) is 7.61. The number of carbonyl (C=O) groups is 4. The van der Waals surface area contributed by atoms with E-state index in [1.165, 1.54) is 19.1 Å². The van der Waals surface area contributed by atoms with E-state index in [0.717, 1.165) is 0 Å². The van der Waals surface area contributed by atoms with E-state index in [4.69, 9.17) is 15.2 Å². The van der Waals surface area contributed by atoms with Crippen molar-refractivity contribution >= 4 is 23.8 Å². The van der Waals surface area contributed by atoms with Crippen molar-refractivity contribution in [1.82, 2.24) is 4.90 Å². The van der Waals surface area contributed by atoms with E-state index >= 15 is 0 Å². The minimum Gasteiger partial charge on any atom is -0.457 e. The van der Waals surface area contributed by atoms with Crippen molar-refractivity contribution in [3.8, 4) is 0 Å². The highest BCUT2D eigenvalue weighted by atomic mass is 16.6. The third-order valence-electron chi connectivity index (χ3n) is 3.41. The summed E-state index contributed by atoms with van der Waals surface area (Å²) >= 11 is 0. The first-order valence-electron chi connectivity index (χ1n) is 7.61. The fraction of sp³-hybridized carbons (Fsp3) is 0.412. The average Bonchev–Trinajstić information content (AvgIpc) is 2.75. The van der Waals surface area contributed by atoms with Gasteiger partial charge in [0.05, 0.1) is 11.1 Å². The van der Waals surface area contributed by atoms with Crippen LogP contribution in [0.25, 0.3) is 0 Å². The van der Waals surface area contributed by atoms with Crippen LogP contribution >= 0.6 is 0 Å². The predicted molar refractivity (Wildman–Crippen MR) is 86.3 cm³/mol. The SMILES string of the molecule is CC(C)(C)OC(=O)COC(=O)C(C)(N)N1C(=O)c2ccccc2C1=O. The van der Waals surface area contributed by atoms with Gasteiger partial charge < -0.3 is 9.47 Å². The van der Waals surface area contributed by atoms with Gasteiger partial charge in [0.25, 0.3) is 11.8 Å². The Bertz CT molecular complexity index is 713. The molecule has 2 amide bonds. The molecule has 1 atom stereocenters. The van der Waals surface area contributed by atoms with Crippen molar-refractivity contribution in [1.29, 1.82) is 0 Å². The van der Waals surface area contributed by atoms with E-state index in [1.807, 2.05) is 0 Å². The molecular weight excluding hydrogens is 328 g/mol. The molecule has 8 heteroatoms. The topological polar surface area (TPSA) is 116 Å². The summed E-state index contributed by atoms with van der Waals surface area (Å²) in [5, 5.41) is 0. The summed E-state index contributed by atoms with van der Waals surface area (Å²) in [6.07, 6.45) is 0. The van der Waals surface area contributed by atoms with Crippen molar-refractivity contribution in [2.45, 2.75) is 39.0 Å². The number of hydrogen-bond donors (Lipinski definition) is 1. The Labute approximate surface area is 144 Å². The molecule has 134 valence electrons. The summed E-state index contributed by atoms with van der Waals surface area (Å²) in [6.45, 7) is 5.49. The van der Waals surface area contributed by atoms with Gasteiger partial charge in [-0.05, 0) is 39.8 Å². The summed E-state index contributed by atoms with van der Waals surface area (Å²) in [4.78, 5) is 49.3. The van der Waals surface area contributed by atoms with Crippen LogP contribution < -0.4 is 5.73 Å². The zero-order valence-corrected chi connectivity index (χ0v) is 14.5. The van der Waals surface area contributed by atoms with Gasteiger partial charge in [-0.15, -0.1) is 0 Å². The molecule has 2 N–H and O–H groups in total. The van der Waals surface area contributed by atoms with Crippen LogP contribution in [-0.4, -0.2) is 46.5 Å². The van der Waals surface area contributed by atoms with E-state index in [-0.39, 0.29) is 11.1 Å². The number of imide groups is 1. The zero-order valence-electron chi connectivity index (χ0n) is 14.5. The van der Waals surface area contributed by atoms with Crippen molar-refractivity contribution in [3.63, 3.8) is 0 Å². The van der Waals surface area contributed by atoms with Crippen LogP contribution in [0, 0.1) is 0 Å². The van der Waals surface area contributed by atoms with E-state index < -0.39 is 41.6 Å². The second-order valence-corrected chi connectivity index (χ2v) is 6.80. The minimum atomic E-state index is -2.06. The monoisotopic (exact) mass is 348 g/mol. The summed E-state index contributed by atoms with van der Waals surface area (Å²) in [7, 11) is 0. The van der Waals surface area contributed by atoms with Gasteiger partial charge in [-0.3, -0.25) is 15.3 Å². The molecule has 0 saturated heterocycles. The maximum atomic E-state index is 12.4. The third-order valence-corrected chi connectivity index (χ3v) is 3.41. The van der Waals surface area contributed by atoms with Gasteiger partial charge in [-0.2, -0.15) is 0 Å². The molecule has 0 aromatic heterocycles. The lowest BCUT2D eigenvalue weighted by Gasteiger charge is -2.30. The Balaban J connectivity index is 2.11. The van der Waals surface area contributed by atoms with E-state index in [9.17, 15) is 19.2 Å². The Kier molecular flexibility index (Phi) is 4.68. The van der Waals surface area contributed by atoms with E-state index in [0.29, 0.717) is 4.90 Å². The van der Waals surface area contributed by atoms with Crippen molar-refractivity contribution in [2.75, 3.05) is 6.61 Å². The Morgan fingerprint density at radius 2 is 1.52 bits per heavy atom. The van der Waals surface area contributed by atoms with Gasteiger partial charge in [0, 0.05) is 0 Å². The number of hydrogen-bond acceptors (Lipinski definition) is 7. The van der Waals surface area contributed by atoms with Crippen LogP contribution in [0.3, 0.4) is 0 Å². The van der Waals surface area contributed by atoms with Gasteiger partial charge >= 0.3 is 11.9 Å². The molecule has 1 aromatic rings. The van der Waals surface area contributed by atoms with Gasteiger partial charge in [0.1, 0.15) is 5.60 Å². The Morgan fingerprint density at radius 3 is 1.96 bits per heavy atom. The molecule has 1 aromatic carbocycles. The maximum Gasteiger partial charge on any atom is 0.347 e. The molecule has 0 saturated carbocycles. The van der Waals surface area contributed by atoms with Crippen LogP contribution in [0.4, 0.5) is 0 Å². The van der Waals surface area contributed by atoms with Crippen LogP contribution in [-0.2, 0) is 19.1 Å². The summed E-state index contributed by atoms with van der Waals surface area (Å²) in [6, 6.07) is 6.14. The highest BCUT2D eigenvalue weighted by Gasteiger charge is 2.49. The number of rotatable bonds is 4. The Morgan fingerprint density at radius 1 is 1.04 bits per heavy atom. The number of nitrogens with two attached hydrogens (primary N) is 1. The zero-order chi connectivity index (χ0) is 19.0. The molecule has 1 aliphatic heterocycles. The smallest absolute Gasteiger partial charge is 0.347 e. The van der Waals surface area contributed by atoms with Gasteiger partial charge in [0.15, 0.2) is 12.3 Å². The highest BCUT2D eigenvalue weighted by Crippen LogP contribution is 2.27. The minimum absolute atomic E-state index is 0.157. The van der Waals surface area contributed by atoms with Crippen LogP contribution in [0.15, 0.2) is 24.3 Å². The van der Waals surface area contributed by atoms with Crippen molar-refractivity contribution < 1.29 is 28.7 Å². The molecule has 2 rings (SSSR count). The van der Waals surface area contributed by atoms with Crippen LogP contribution in [0.5, 0.6) is 0 Å². The van der Waals surface area contributed by atoms with Gasteiger partial charge in [0.2, 0.25) is 0 Å². The molecule has 1 aliphatic rings. The largest absolute Gasteiger partial charge is 0.457 e. The van der Waals surface area contributed by atoms with Gasteiger partial charge in [-0.1, -0.05) is 12.1 Å². The number of amides is 2. The van der Waals surface area contributed by atoms with Crippen molar-refractivity contribution in [2.24, 2.45) is 5.73 Å². The lowest BCUT2D eigenvalue weighted by molar-refractivity contribution is -0.170. The molecule has 1 unspecified atom stereocenters. The van der Waals surface area contributed by atoms with Crippen LogP contribution in [0.1, 0.15) is 48.4 Å². The molecule has 0 radical (unpaired) electrons. The van der Waals surface area contributed by atoms with E-state index in [2.05, 4.69) is 0 Å². The predicted octanol–water partition coefficient (Wildman–Crippen LogP) is 0.842. The molecule has 0 spiro atoms. The van der Waals surface area contributed by atoms with Crippen molar-refractivity contribution in [3.05, 3.63) is 35.4 Å². The number of fused-ring (bicyclic) bond motifs is 1. The molecule has 0 aliphatic carbocycles. The molecule has 25 heavy (non-hydrogen) atoms. The van der Waals surface area contributed by atoms with Gasteiger partial charge in [-0.25, -0.2) is 14.5 Å². The molecule has 8 nitrogen and oxygen atoms in total. The first kappa shape index (κ1) is 18.6. The normalized spacial score (nSPS) is 16.3. The standard InChI is InChI=1S/C17H20N2O6/c1-16(2,3)25-12(20)9-24-15(23)17(4,18)19-13(21)10-7-5-6-8-11(10)14(19)22/h5-8H,9,18H2,1-4H3. The molecule has 0 fully saturated rings. The fourth-order valence-corrected chi connectivity index (χ4v) is 2.34. The highest BCUT2D eigenvalue weighted by molar-refractivity contribution is 6.23. The lowest BCUT2D eigenvalue weighted by atomic mass is 10.1. The molecule has 1 heterocycles. The third kappa shape index (κ3) is 3.69. The number of nitrogens with zero attached hydrogens (tertiary/aromatic N) is 1. The molecular formula is C17H20N2O6. The average molecular weight is 348 g/mol. The first-order chi connectivity index (χ1) is 11.4. The molecule has 0 bridgehead atoms. The number of ether oxygens (including phenoxy) is 2. The second-order valence-electron chi connectivity index (χ2n) is 6.80. The fourth-order valence-electron chi connectivity index (χ4n) is 2.34.